The Labute approximate surface area is 122 Å². The van der Waals surface area contributed by atoms with Crippen LogP contribution >= 0.6 is 24.0 Å². The molecule has 0 amide bonds. The topological polar surface area (TPSA) is 26.0 Å². The molecule has 0 aliphatic rings. The van der Waals surface area contributed by atoms with Crippen molar-refractivity contribution >= 4 is 29.0 Å². The van der Waals surface area contributed by atoms with Crippen molar-refractivity contribution in [3.63, 3.8) is 0 Å². The van der Waals surface area contributed by atoms with E-state index in [1.54, 1.807) is 17.8 Å². The summed E-state index contributed by atoms with van der Waals surface area (Å²) in [6.45, 7) is 0. The summed E-state index contributed by atoms with van der Waals surface area (Å²) in [6.07, 6.45) is 0. The lowest BCUT2D eigenvalue weighted by Gasteiger charge is -2.05. The molecule has 1 nitrogen and oxygen atoms in total. The second-order valence-electron chi connectivity index (χ2n) is 4.15. The molecule has 0 aromatic heterocycles. The maximum Gasteiger partial charge on any atom is 0.127 e. The van der Waals surface area contributed by atoms with Gasteiger partial charge in [-0.1, -0.05) is 48.6 Å². The molecule has 2 N–H and O–H groups in total. The van der Waals surface area contributed by atoms with Gasteiger partial charge in [-0.15, -0.1) is 0 Å². The van der Waals surface area contributed by atoms with Gasteiger partial charge in [-0.25, -0.2) is 4.39 Å². The molecule has 0 saturated carbocycles. The van der Waals surface area contributed by atoms with Gasteiger partial charge in [-0.2, -0.15) is 11.8 Å². The molecule has 0 saturated heterocycles. The number of thiocarbonyl (C=S) groups is 1. The number of nitrogens with two attached hydrogens (primary N) is 1. The van der Waals surface area contributed by atoms with Crippen LogP contribution in [0.5, 0.6) is 0 Å². The summed E-state index contributed by atoms with van der Waals surface area (Å²) in [5, 5.41) is 0. The molecule has 0 unspecified atom stereocenters. The average molecular weight is 291 g/mol. The molecule has 0 heterocycles. The maximum atomic E-state index is 13.4. The highest BCUT2D eigenvalue weighted by Crippen LogP contribution is 2.20. The fraction of sp³-hybridized carbons (Fsp3) is 0.133. The van der Waals surface area contributed by atoms with Crippen molar-refractivity contribution in [2.24, 2.45) is 5.73 Å². The Morgan fingerprint density at radius 2 is 1.89 bits per heavy atom. The minimum Gasteiger partial charge on any atom is -0.389 e. The third-order valence-electron chi connectivity index (χ3n) is 2.70. The number of hydrogen-bond donors (Lipinski definition) is 1. The van der Waals surface area contributed by atoms with Crippen LogP contribution in [0.2, 0.25) is 0 Å². The molecule has 0 bridgehead atoms. The van der Waals surface area contributed by atoms with E-state index >= 15 is 0 Å². The van der Waals surface area contributed by atoms with Gasteiger partial charge >= 0.3 is 0 Å². The first-order valence-corrected chi connectivity index (χ1v) is 7.43. The number of thioether (sulfide) groups is 1. The molecule has 0 spiro atoms. The quantitative estimate of drug-likeness (QED) is 0.846. The van der Waals surface area contributed by atoms with Crippen molar-refractivity contribution in [2.45, 2.75) is 11.5 Å². The predicted molar refractivity (Wildman–Crippen MR) is 83.7 cm³/mol. The Morgan fingerprint density at radius 3 is 2.63 bits per heavy atom. The van der Waals surface area contributed by atoms with Crippen molar-refractivity contribution in [3.05, 3.63) is 71.0 Å². The zero-order valence-electron chi connectivity index (χ0n) is 10.3. The van der Waals surface area contributed by atoms with Crippen molar-refractivity contribution in [1.29, 1.82) is 0 Å². The van der Waals surface area contributed by atoms with Crippen molar-refractivity contribution in [3.8, 4) is 0 Å². The molecule has 19 heavy (non-hydrogen) atoms. The highest BCUT2D eigenvalue weighted by atomic mass is 32.2. The van der Waals surface area contributed by atoms with E-state index in [2.05, 4.69) is 0 Å². The predicted octanol–water partition coefficient (Wildman–Crippen LogP) is 3.89. The van der Waals surface area contributed by atoms with Crippen LogP contribution in [0.15, 0.2) is 48.5 Å². The first-order valence-electron chi connectivity index (χ1n) is 5.86. The van der Waals surface area contributed by atoms with Crippen LogP contribution < -0.4 is 5.73 Å². The summed E-state index contributed by atoms with van der Waals surface area (Å²) in [6, 6.07) is 14.7. The fourth-order valence-electron chi connectivity index (χ4n) is 1.71. The SMILES string of the molecule is NC(=S)c1cccc(CSCc2ccccc2F)c1. The van der Waals surface area contributed by atoms with Crippen LogP contribution in [0.25, 0.3) is 0 Å². The first-order chi connectivity index (χ1) is 9.16. The standard InChI is InChI=1S/C15H14FNS2/c16-14-7-2-1-5-13(14)10-19-9-11-4-3-6-12(8-11)15(17)18/h1-8H,9-10H2,(H2,17,18). The summed E-state index contributed by atoms with van der Waals surface area (Å²) in [7, 11) is 0. The molecule has 98 valence electrons. The Kier molecular flexibility index (Phi) is 4.93. The lowest BCUT2D eigenvalue weighted by Crippen LogP contribution is -2.09. The van der Waals surface area contributed by atoms with E-state index in [4.69, 9.17) is 18.0 Å². The van der Waals surface area contributed by atoms with Gasteiger partial charge in [0.15, 0.2) is 0 Å². The number of benzene rings is 2. The Morgan fingerprint density at radius 1 is 1.11 bits per heavy atom. The lowest BCUT2D eigenvalue weighted by molar-refractivity contribution is 0.617. The minimum atomic E-state index is -0.146. The second kappa shape index (κ2) is 6.68. The summed E-state index contributed by atoms with van der Waals surface area (Å²) in [4.78, 5) is 0.404. The zero-order chi connectivity index (χ0) is 13.7. The van der Waals surface area contributed by atoms with E-state index in [0.717, 1.165) is 22.4 Å². The number of halogens is 1. The molecule has 0 fully saturated rings. The maximum absolute atomic E-state index is 13.4. The summed E-state index contributed by atoms with van der Waals surface area (Å²) >= 11 is 6.62. The van der Waals surface area contributed by atoms with Crippen molar-refractivity contribution < 1.29 is 4.39 Å². The highest BCUT2D eigenvalue weighted by Gasteiger charge is 2.02. The van der Waals surface area contributed by atoms with Gasteiger partial charge in [-0.05, 0) is 23.3 Å². The van der Waals surface area contributed by atoms with Gasteiger partial charge in [0.25, 0.3) is 0 Å². The van der Waals surface area contributed by atoms with E-state index in [1.165, 1.54) is 6.07 Å². The molecule has 4 heteroatoms. The highest BCUT2D eigenvalue weighted by molar-refractivity contribution is 7.97. The number of hydrogen-bond acceptors (Lipinski definition) is 2. The second-order valence-corrected chi connectivity index (χ2v) is 5.57. The van der Waals surface area contributed by atoms with E-state index in [9.17, 15) is 4.39 Å². The minimum absolute atomic E-state index is 0.146. The van der Waals surface area contributed by atoms with Crippen LogP contribution in [0.4, 0.5) is 4.39 Å². The fourth-order valence-corrected chi connectivity index (χ4v) is 2.81. The van der Waals surface area contributed by atoms with Crippen LogP contribution in [0, 0.1) is 5.82 Å². The molecule has 0 aliphatic heterocycles. The van der Waals surface area contributed by atoms with Crippen molar-refractivity contribution in [2.75, 3.05) is 0 Å². The number of rotatable bonds is 5. The molecular formula is C15H14FNS2. The van der Waals surface area contributed by atoms with Gasteiger partial charge in [0, 0.05) is 17.1 Å². The normalized spacial score (nSPS) is 10.4. The molecule has 2 rings (SSSR count). The largest absolute Gasteiger partial charge is 0.389 e. The summed E-state index contributed by atoms with van der Waals surface area (Å²) in [5.74, 6) is 1.32. The average Bonchev–Trinajstić information content (AvgIpc) is 2.41. The van der Waals surface area contributed by atoms with E-state index < -0.39 is 0 Å². The lowest BCUT2D eigenvalue weighted by atomic mass is 10.1. The summed E-state index contributed by atoms with van der Waals surface area (Å²) < 4.78 is 13.4. The molecule has 2 aromatic carbocycles. The molecule has 0 atom stereocenters. The van der Waals surface area contributed by atoms with E-state index in [1.807, 2.05) is 36.4 Å². The van der Waals surface area contributed by atoms with Gasteiger partial charge in [0.05, 0.1) is 0 Å². The van der Waals surface area contributed by atoms with Crippen LogP contribution in [-0.4, -0.2) is 4.99 Å². The van der Waals surface area contributed by atoms with Crippen LogP contribution in [-0.2, 0) is 11.5 Å². The molecular weight excluding hydrogens is 277 g/mol. The third-order valence-corrected chi connectivity index (χ3v) is 3.98. The smallest absolute Gasteiger partial charge is 0.127 e. The molecule has 0 radical (unpaired) electrons. The Bertz CT molecular complexity index is 584. The Balaban J connectivity index is 1.94. The van der Waals surface area contributed by atoms with Gasteiger partial charge in [0.2, 0.25) is 0 Å². The third kappa shape index (κ3) is 4.04. The van der Waals surface area contributed by atoms with Crippen LogP contribution in [0.3, 0.4) is 0 Å². The molecule has 2 aromatic rings. The monoisotopic (exact) mass is 291 g/mol. The van der Waals surface area contributed by atoms with Gasteiger partial charge in [0.1, 0.15) is 10.8 Å². The Hall–Kier alpha value is -1.39. The van der Waals surface area contributed by atoms with E-state index in [0.29, 0.717) is 10.7 Å². The molecule has 0 aliphatic carbocycles. The first kappa shape index (κ1) is 14.0. The van der Waals surface area contributed by atoms with Crippen molar-refractivity contribution in [1.82, 2.24) is 0 Å². The van der Waals surface area contributed by atoms with E-state index in [-0.39, 0.29) is 5.82 Å². The summed E-state index contributed by atoms with van der Waals surface area (Å²) in [5.41, 5.74) is 8.35. The van der Waals surface area contributed by atoms with Gasteiger partial charge < -0.3 is 5.73 Å². The zero-order valence-corrected chi connectivity index (χ0v) is 11.9. The van der Waals surface area contributed by atoms with Gasteiger partial charge in [-0.3, -0.25) is 0 Å². The van der Waals surface area contributed by atoms with Crippen LogP contribution in [0.1, 0.15) is 16.7 Å².